The number of hydrogen-bond acceptors (Lipinski definition) is 16. The summed E-state index contributed by atoms with van der Waals surface area (Å²) in [5, 5.41) is 46.9. The first kappa shape index (κ1) is 36.3. The van der Waals surface area contributed by atoms with Gasteiger partial charge in [-0.25, -0.2) is 9.78 Å². The molecule has 0 fully saturated rings. The number of carboxylic acid groups (broad SMARTS) is 1. The highest BCUT2D eigenvalue weighted by Gasteiger charge is 2.34. The highest BCUT2D eigenvalue weighted by molar-refractivity contribution is 5.73. The van der Waals surface area contributed by atoms with Crippen molar-refractivity contribution in [2.75, 3.05) is 13.2 Å². The van der Waals surface area contributed by atoms with Crippen molar-refractivity contribution in [2.45, 2.75) is 44.9 Å². The predicted octanol–water partition coefficient (Wildman–Crippen LogP) is 4.11. The van der Waals surface area contributed by atoms with E-state index >= 15 is 0 Å². The van der Waals surface area contributed by atoms with Gasteiger partial charge in [-0.2, -0.15) is 15.2 Å². The van der Waals surface area contributed by atoms with E-state index in [4.69, 9.17) is 18.9 Å². The Morgan fingerprint density at radius 3 is 2.58 bits per heavy atom. The number of nitriles is 1. The van der Waals surface area contributed by atoms with Crippen LogP contribution in [0.5, 0.6) is 29.3 Å². The van der Waals surface area contributed by atoms with Crippen LogP contribution in [0, 0.1) is 31.6 Å². The number of imidazole rings is 1. The second kappa shape index (κ2) is 16.6. The molecule has 3 heterocycles. The number of aromatic amines is 1. The number of hydrogen-bond donors (Lipinski definition) is 3. The van der Waals surface area contributed by atoms with E-state index in [1.54, 1.807) is 19.2 Å². The molecule has 0 radical (unpaired) electrons. The Hall–Kier alpha value is -7.01. The molecule has 1 aliphatic rings. The number of aliphatic imine (C=N–C) groups is 1. The minimum Gasteiger partial charge on any atom is -0.478 e. The molecule has 52 heavy (non-hydrogen) atoms. The summed E-state index contributed by atoms with van der Waals surface area (Å²) >= 11 is 0. The van der Waals surface area contributed by atoms with Crippen LogP contribution in [0.2, 0.25) is 0 Å². The molecule has 3 N–H and O–H groups in total. The molecule has 268 valence electrons. The quantitative estimate of drug-likeness (QED) is 0.0836. The van der Waals surface area contributed by atoms with Crippen LogP contribution in [0.1, 0.15) is 48.3 Å². The van der Waals surface area contributed by atoms with Gasteiger partial charge in [0, 0.05) is 49.6 Å². The number of rotatable bonds is 16. The lowest BCUT2D eigenvalue weighted by Crippen LogP contribution is -2.30. The number of aromatic nitrogens is 4. The van der Waals surface area contributed by atoms with Crippen molar-refractivity contribution in [3.05, 3.63) is 91.5 Å². The fourth-order valence-electron chi connectivity index (χ4n) is 4.94. The maximum atomic E-state index is 12.6. The standard InChI is InChI=1S/C32H29N9O11/c1-2-49-26(42)7-5-18-10-20(28-35-8-3-9-36-28)13-22(11-18)50-29-27(41(47)48)30(51-25(31(43)44)14-21-16-34-17-37-21)39-32(38-29)52-24-12-19(15-33)4-6-23(24)40(45)46/h4,6,8,10-13,16-17,25,28,36H,2-3,5,7,9,14H2,1H3,(H,34,37)(H,43,44). The average molecular weight is 716 g/mol. The van der Waals surface area contributed by atoms with E-state index in [1.807, 2.05) is 6.07 Å². The number of nitro benzene ring substituents is 1. The topological polar surface area (TPSA) is 280 Å². The van der Waals surface area contributed by atoms with Crippen molar-refractivity contribution in [1.29, 1.82) is 5.26 Å². The number of carbonyl (C=O) groups is 2. The van der Waals surface area contributed by atoms with Crippen molar-refractivity contribution in [2.24, 2.45) is 4.99 Å². The van der Waals surface area contributed by atoms with Crippen molar-refractivity contribution < 1.29 is 43.5 Å². The van der Waals surface area contributed by atoms with Gasteiger partial charge in [-0.05, 0) is 49.1 Å². The van der Waals surface area contributed by atoms with Crippen LogP contribution in [0.25, 0.3) is 0 Å². The van der Waals surface area contributed by atoms with Gasteiger partial charge in [0.2, 0.25) is 11.9 Å². The Balaban J connectivity index is 1.63. The van der Waals surface area contributed by atoms with Gasteiger partial charge in [-0.15, -0.1) is 0 Å². The van der Waals surface area contributed by atoms with Crippen LogP contribution in [0.4, 0.5) is 11.4 Å². The van der Waals surface area contributed by atoms with Gasteiger partial charge in [0.15, 0.2) is 0 Å². The number of nitrogens with zero attached hydrogens (tertiary/aromatic N) is 7. The first-order valence-electron chi connectivity index (χ1n) is 15.6. The van der Waals surface area contributed by atoms with Gasteiger partial charge in [0.1, 0.15) is 11.9 Å². The van der Waals surface area contributed by atoms with Crippen molar-refractivity contribution in [1.82, 2.24) is 25.3 Å². The van der Waals surface area contributed by atoms with E-state index < -0.39 is 68.9 Å². The van der Waals surface area contributed by atoms with Gasteiger partial charge < -0.3 is 29.0 Å². The van der Waals surface area contributed by atoms with Crippen LogP contribution in [0.3, 0.4) is 0 Å². The van der Waals surface area contributed by atoms with Crippen LogP contribution in [-0.2, 0) is 27.2 Å². The molecule has 0 saturated carbocycles. The fraction of sp³-hybridized carbons (Fsp3) is 0.281. The van der Waals surface area contributed by atoms with Gasteiger partial charge in [0.25, 0.3) is 0 Å². The van der Waals surface area contributed by atoms with E-state index in [0.717, 1.165) is 12.1 Å². The maximum absolute atomic E-state index is 12.6. The zero-order valence-electron chi connectivity index (χ0n) is 27.3. The van der Waals surface area contributed by atoms with Crippen LogP contribution in [-0.4, -0.2) is 72.3 Å². The summed E-state index contributed by atoms with van der Waals surface area (Å²) in [5.74, 6) is -4.19. The Bertz CT molecular complexity index is 2050. The molecule has 0 aliphatic carbocycles. The number of nitrogens with one attached hydrogen (secondary N) is 2. The monoisotopic (exact) mass is 715 g/mol. The third kappa shape index (κ3) is 9.16. The van der Waals surface area contributed by atoms with Crippen LogP contribution < -0.4 is 19.5 Å². The lowest BCUT2D eigenvalue weighted by molar-refractivity contribution is -0.387. The molecule has 2 aromatic heterocycles. The number of carbonyl (C=O) groups excluding carboxylic acids is 1. The molecular formula is C32H29N9O11. The Morgan fingerprint density at radius 1 is 1.12 bits per heavy atom. The summed E-state index contributed by atoms with van der Waals surface area (Å²) in [7, 11) is 0. The summed E-state index contributed by atoms with van der Waals surface area (Å²) < 4.78 is 22.2. The molecule has 0 spiro atoms. The molecule has 20 heteroatoms. The molecule has 2 atom stereocenters. The van der Waals surface area contributed by atoms with Crippen LogP contribution in [0.15, 0.2) is 53.9 Å². The third-order valence-corrected chi connectivity index (χ3v) is 7.27. The molecule has 0 saturated heterocycles. The van der Waals surface area contributed by atoms with Crippen molar-refractivity contribution in [3.8, 4) is 35.3 Å². The lowest BCUT2D eigenvalue weighted by Gasteiger charge is -2.20. The molecule has 2 unspecified atom stereocenters. The van der Waals surface area contributed by atoms with Gasteiger partial charge in [-0.3, -0.25) is 35.3 Å². The van der Waals surface area contributed by atoms with E-state index in [1.165, 1.54) is 30.7 Å². The SMILES string of the molecule is CCOC(=O)CCc1cc(Oc2nc(Oc3cc(C#N)ccc3[N+](=O)[O-])nc(OC(Cc3cnc[nH]3)C(=O)O)c2[N+](=O)[O-])cc(C2N=CCCN2)c1. The summed E-state index contributed by atoms with van der Waals surface area (Å²) in [5.41, 5.74) is -0.184. The number of H-pyrrole nitrogens is 1. The van der Waals surface area contributed by atoms with Crippen molar-refractivity contribution >= 4 is 29.5 Å². The number of ether oxygens (including phenoxy) is 4. The van der Waals surface area contributed by atoms with Gasteiger partial charge in [0.05, 0.1) is 34.4 Å². The third-order valence-electron chi connectivity index (χ3n) is 7.27. The summed E-state index contributed by atoms with van der Waals surface area (Å²) in [6.45, 7) is 2.48. The fourth-order valence-corrected chi connectivity index (χ4v) is 4.94. The molecule has 4 aromatic rings. The van der Waals surface area contributed by atoms with E-state index in [-0.39, 0.29) is 37.2 Å². The Morgan fingerprint density at radius 2 is 1.92 bits per heavy atom. The normalized spacial score (nSPS) is 14.1. The maximum Gasteiger partial charge on any atom is 0.392 e. The van der Waals surface area contributed by atoms with E-state index in [0.29, 0.717) is 29.8 Å². The van der Waals surface area contributed by atoms with Gasteiger partial charge in [-0.1, -0.05) is 6.07 Å². The highest BCUT2D eigenvalue weighted by Crippen LogP contribution is 2.41. The van der Waals surface area contributed by atoms with E-state index in [9.17, 15) is 40.2 Å². The first-order chi connectivity index (χ1) is 25.0. The predicted molar refractivity (Wildman–Crippen MR) is 176 cm³/mol. The minimum atomic E-state index is -1.76. The number of carboxylic acids is 1. The zero-order valence-corrected chi connectivity index (χ0v) is 27.3. The number of benzene rings is 2. The number of aryl methyl sites for hydroxylation is 1. The molecule has 0 bridgehead atoms. The second-order valence-corrected chi connectivity index (χ2v) is 10.9. The highest BCUT2D eigenvalue weighted by atomic mass is 16.6. The molecular weight excluding hydrogens is 686 g/mol. The first-order valence-corrected chi connectivity index (χ1v) is 15.6. The zero-order chi connectivity index (χ0) is 37.2. The molecule has 1 aliphatic heterocycles. The summed E-state index contributed by atoms with van der Waals surface area (Å²) in [4.78, 5) is 65.9. The minimum absolute atomic E-state index is 0.00910. The average Bonchev–Trinajstić information content (AvgIpc) is 3.64. The number of aliphatic carboxylic acids is 1. The summed E-state index contributed by atoms with van der Waals surface area (Å²) in [6.07, 6.45) is 2.63. The van der Waals surface area contributed by atoms with Crippen molar-refractivity contribution in [3.63, 3.8) is 0 Å². The summed E-state index contributed by atoms with van der Waals surface area (Å²) in [6, 6.07) is 9.05. The molecule has 5 rings (SSSR count). The van der Waals surface area contributed by atoms with E-state index in [2.05, 4.69) is 30.2 Å². The Labute approximate surface area is 293 Å². The molecule has 20 nitrogen and oxygen atoms in total. The molecule has 0 amide bonds. The number of esters is 1. The number of nitro groups is 2. The van der Waals surface area contributed by atoms with Crippen LogP contribution >= 0.6 is 0 Å². The van der Waals surface area contributed by atoms with Gasteiger partial charge >= 0.3 is 41.1 Å². The lowest BCUT2D eigenvalue weighted by atomic mass is 10.0. The molecule has 2 aromatic carbocycles. The smallest absolute Gasteiger partial charge is 0.392 e. The largest absolute Gasteiger partial charge is 0.478 e. The Kier molecular flexibility index (Phi) is 11.6. The second-order valence-electron chi connectivity index (χ2n) is 10.9.